The average molecular weight is 304 g/mol. The van der Waals surface area contributed by atoms with E-state index >= 15 is 0 Å². The van der Waals surface area contributed by atoms with Crippen molar-refractivity contribution in [2.75, 3.05) is 20.3 Å². The minimum absolute atomic E-state index is 0.173. The highest BCUT2D eigenvalue weighted by molar-refractivity contribution is 6.07. The maximum atomic E-state index is 12.1. The maximum Gasteiger partial charge on any atom is 0.235 e. The van der Waals surface area contributed by atoms with Crippen LogP contribution in [0.3, 0.4) is 0 Å². The van der Waals surface area contributed by atoms with Gasteiger partial charge in [-0.2, -0.15) is 0 Å². The zero-order valence-corrected chi connectivity index (χ0v) is 12.6. The van der Waals surface area contributed by atoms with Crippen molar-refractivity contribution >= 4 is 11.8 Å². The number of para-hydroxylation sites is 1. The van der Waals surface area contributed by atoms with Gasteiger partial charge in [-0.15, -0.1) is 0 Å². The lowest BCUT2D eigenvalue weighted by molar-refractivity contribution is -0.135. The summed E-state index contributed by atoms with van der Waals surface area (Å²) in [6.07, 6.45) is 1.90. The van der Waals surface area contributed by atoms with Gasteiger partial charge in [0.1, 0.15) is 5.41 Å². The van der Waals surface area contributed by atoms with Crippen molar-refractivity contribution in [1.82, 2.24) is 5.32 Å². The van der Waals surface area contributed by atoms with Gasteiger partial charge in [0.25, 0.3) is 0 Å². The molecule has 0 radical (unpaired) electrons. The number of amides is 2. The fourth-order valence-electron chi connectivity index (χ4n) is 2.87. The Morgan fingerprint density at radius 1 is 1.45 bits per heavy atom. The van der Waals surface area contributed by atoms with Gasteiger partial charge in [0.15, 0.2) is 11.5 Å². The average Bonchev–Trinajstić information content (AvgIpc) is 3.33. The van der Waals surface area contributed by atoms with E-state index in [1.165, 1.54) is 0 Å². The van der Waals surface area contributed by atoms with E-state index < -0.39 is 11.3 Å². The zero-order valence-electron chi connectivity index (χ0n) is 12.6. The van der Waals surface area contributed by atoms with Crippen molar-refractivity contribution in [2.24, 2.45) is 17.1 Å². The monoisotopic (exact) mass is 304 g/mol. The molecule has 6 heteroatoms. The van der Waals surface area contributed by atoms with Gasteiger partial charge in [0.2, 0.25) is 11.8 Å². The van der Waals surface area contributed by atoms with Gasteiger partial charge in [0.05, 0.1) is 13.7 Å². The highest BCUT2D eigenvalue weighted by Gasteiger charge is 2.55. The molecular weight excluding hydrogens is 284 g/mol. The number of ether oxygens (including phenoxy) is 2. The van der Waals surface area contributed by atoms with Crippen LogP contribution >= 0.6 is 0 Å². The van der Waals surface area contributed by atoms with E-state index in [4.69, 9.17) is 15.2 Å². The lowest BCUT2D eigenvalue weighted by Crippen LogP contribution is -2.43. The van der Waals surface area contributed by atoms with Gasteiger partial charge in [-0.05, 0) is 30.9 Å². The van der Waals surface area contributed by atoms with Crippen molar-refractivity contribution in [3.63, 3.8) is 0 Å². The van der Waals surface area contributed by atoms with Crippen LogP contribution in [-0.2, 0) is 16.0 Å². The number of hydrogen-bond donors (Lipinski definition) is 2. The van der Waals surface area contributed by atoms with Crippen LogP contribution in [0.25, 0.3) is 0 Å². The van der Waals surface area contributed by atoms with E-state index in [2.05, 4.69) is 5.32 Å². The number of nitrogens with one attached hydrogen (secondary N) is 1. The number of carbonyl (C=O) groups excluding carboxylic acids is 2. The number of rotatable bonds is 5. The van der Waals surface area contributed by atoms with Crippen LogP contribution in [0.1, 0.15) is 18.4 Å². The van der Waals surface area contributed by atoms with Crippen molar-refractivity contribution in [3.8, 4) is 11.5 Å². The van der Waals surface area contributed by atoms with E-state index in [0.29, 0.717) is 26.0 Å². The van der Waals surface area contributed by atoms with Crippen molar-refractivity contribution < 1.29 is 19.1 Å². The van der Waals surface area contributed by atoms with Crippen molar-refractivity contribution in [1.29, 1.82) is 0 Å². The SMILES string of the molecule is COc1cccc2c1OC[C@H](CNC(=O)C1(C(N)=O)CC1)C2. The first kappa shape index (κ1) is 14.7. The third-order valence-electron chi connectivity index (χ3n) is 4.46. The van der Waals surface area contributed by atoms with Gasteiger partial charge < -0.3 is 20.5 Å². The molecule has 3 N–H and O–H groups in total. The van der Waals surface area contributed by atoms with Crippen LogP contribution in [0, 0.1) is 11.3 Å². The summed E-state index contributed by atoms with van der Waals surface area (Å²) in [6, 6.07) is 5.79. The Hall–Kier alpha value is -2.24. The summed E-state index contributed by atoms with van der Waals surface area (Å²) in [4.78, 5) is 23.4. The molecule has 1 aromatic carbocycles. The third kappa shape index (κ3) is 2.49. The van der Waals surface area contributed by atoms with Crippen LogP contribution < -0.4 is 20.5 Å². The molecular formula is C16H20N2O4. The molecule has 1 saturated carbocycles. The predicted octanol–water partition coefficient (Wildman–Crippen LogP) is 0.628. The van der Waals surface area contributed by atoms with Crippen molar-refractivity contribution in [2.45, 2.75) is 19.3 Å². The molecule has 1 aliphatic carbocycles. The van der Waals surface area contributed by atoms with Crippen LogP contribution in [0.15, 0.2) is 18.2 Å². The first-order valence-corrected chi connectivity index (χ1v) is 7.44. The lowest BCUT2D eigenvalue weighted by Gasteiger charge is -2.27. The van der Waals surface area contributed by atoms with Gasteiger partial charge >= 0.3 is 0 Å². The summed E-state index contributed by atoms with van der Waals surface area (Å²) in [7, 11) is 1.62. The highest BCUT2D eigenvalue weighted by Crippen LogP contribution is 2.45. The molecule has 3 rings (SSSR count). The summed E-state index contributed by atoms with van der Waals surface area (Å²) in [5.41, 5.74) is 5.41. The Morgan fingerprint density at radius 2 is 2.23 bits per heavy atom. The van der Waals surface area contributed by atoms with Gasteiger partial charge in [-0.3, -0.25) is 9.59 Å². The number of benzene rings is 1. The molecule has 1 heterocycles. The molecule has 0 saturated heterocycles. The Kier molecular flexibility index (Phi) is 3.68. The lowest BCUT2D eigenvalue weighted by atomic mass is 9.96. The summed E-state index contributed by atoms with van der Waals surface area (Å²) in [5, 5.41) is 2.84. The number of carbonyl (C=O) groups is 2. The molecule has 1 aliphatic heterocycles. The van der Waals surface area contributed by atoms with Crippen LogP contribution in [0.5, 0.6) is 11.5 Å². The molecule has 6 nitrogen and oxygen atoms in total. The molecule has 118 valence electrons. The highest BCUT2D eigenvalue weighted by atomic mass is 16.5. The van der Waals surface area contributed by atoms with Crippen LogP contribution in [0.2, 0.25) is 0 Å². The second-order valence-corrected chi connectivity index (χ2v) is 5.99. The minimum Gasteiger partial charge on any atom is -0.493 e. The quantitative estimate of drug-likeness (QED) is 0.781. The third-order valence-corrected chi connectivity index (χ3v) is 4.46. The molecule has 0 spiro atoms. The van der Waals surface area contributed by atoms with Gasteiger partial charge in [-0.25, -0.2) is 0 Å². The molecule has 1 fully saturated rings. The largest absolute Gasteiger partial charge is 0.493 e. The molecule has 0 unspecified atom stereocenters. The standard InChI is InChI=1S/C16H20N2O4/c1-21-12-4-2-3-11-7-10(9-22-13(11)12)8-18-15(20)16(5-6-16)14(17)19/h2-4,10H,5-9H2,1H3,(H2,17,19)(H,18,20)/t10-/m0/s1. The summed E-state index contributed by atoms with van der Waals surface area (Å²) < 4.78 is 11.1. The molecule has 2 amide bonds. The normalized spacial score (nSPS) is 21.2. The molecule has 22 heavy (non-hydrogen) atoms. The minimum atomic E-state index is -0.962. The number of hydrogen-bond acceptors (Lipinski definition) is 4. The number of primary amides is 1. The first-order chi connectivity index (χ1) is 10.6. The fourth-order valence-corrected chi connectivity index (χ4v) is 2.87. The summed E-state index contributed by atoms with van der Waals surface area (Å²) >= 11 is 0. The second-order valence-electron chi connectivity index (χ2n) is 5.99. The molecule has 0 aromatic heterocycles. The molecule has 2 aliphatic rings. The van der Waals surface area contributed by atoms with E-state index in [-0.39, 0.29) is 11.8 Å². The predicted molar refractivity (Wildman–Crippen MR) is 79.6 cm³/mol. The summed E-state index contributed by atoms with van der Waals surface area (Å²) in [6.45, 7) is 0.988. The topological polar surface area (TPSA) is 90.7 Å². The molecule has 1 atom stereocenters. The van der Waals surface area contributed by atoms with Crippen LogP contribution in [-0.4, -0.2) is 32.1 Å². The molecule has 0 bridgehead atoms. The Bertz CT molecular complexity index is 610. The number of fused-ring (bicyclic) bond motifs is 1. The smallest absolute Gasteiger partial charge is 0.235 e. The second kappa shape index (κ2) is 5.51. The Morgan fingerprint density at radius 3 is 2.86 bits per heavy atom. The van der Waals surface area contributed by atoms with E-state index in [1.54, 1.807) is 7.11 Å². The fraction of sp³-hybridized carbons (Fsp3) is 0.500. The zero-order chi connectivity index (χ0) is 15.7. The van der Waals surface area contributed by atoms with Crippen molar-refractivity contribution in [3.05, 3.63) is 23.8 Å². The number of methoxy groups -OCH3 is 1. The maximum absolute atomic E-state index is 12.1. The van der Waals surface area contributed by atoms with Gasteiger partial charge in [-0.1, -0.05) is 12.1 Å². The van der Waals surface area contributed by atoms with Crippen LogP contribution in [0.4, 0.5) is 0 Å². The Balaban J connectivity index is 1.59. The molecule has 1 aromatic rings. The first-order valence-electron chi connectivity index (χ1n) is 7.44. The summed E-state index contributed by atoms with van der Waals surface area (Å²) in [5.74, 6) is 0.901. The van der Waals surface area contributed by atoms with E-state index in [1.807, 2.05) is 18.2 Å². The van der Waals surface area contributed by atoms with Gasteiger partial charge in [0, 0.05) is 12.5 Å². The van der Waals surface area contributed by atoms with E-state index in [9.17, 15) is 9.59 Å². The number of nitrogens with two attached hydrogens (primary N) is 1. The Labute approximate surface area is 129 Å². The van der Waals surface area contributed by atoms with E-state index in [0.717, 1.165) is 23.5 Å².